The molecule has 0 aromatic heterocycles. The second-order valence-electron chi connectivity index (χ2n) is 6.32. The average Bonchev–Trinajstić information content (AvgIpc) is 3.17. The van der Waals surface area contributed by atoms with E-state index in [4.69, 9.17) is 0 Å². The van der Waals surface area contributed by atoms with Crippen molar-refractivity contribution < 1.29 is 0 Å². The van der Waals surface area contributed by atoms with Crippen LogP contribution in [0.1, 0.15) is 29.4 Å². The molecule has 2 atom stereocenters. The summed E-state index contributed by atoms with van der Waals surface area (Å²) in [4.78, 5) is 2.64. The highest BCUT2D eigenvalue weighted by atomic mass is 15.2. The molecule has 2 nitrogen and oxygen atoms in total. The van der Waals surface area contributed by atoms with Crippen molar-refractivity contribution in [2.24, 2.45) is 0 Å². The van der Waals surface area contributed by atoms with Gasteiger partial charge in [-0.2, -0.15) is 0 Å². The van der Waals surface area contributed by atoms with Gasteiger partial charge in [0.15, 0.2) is 0 Å². The first kappa shape index (κ1) is 12.9. The summed E-state index contributed by atoms with van der Waals surface area (Å²) >= 11 is 0. The molecular formula is C19H22N2. The SMILES string of the molecule is c1ccc(C2CCN(CC3CNc4ccccc43)C2)cc1. The van der Waals surface area contributed by atoms with Crippen molar-refractivity contribution >= 4 is 5.69 Å². The molecule has 1 N–H and O–H groups in total. The quantitative estimate of drug-likeness (QED) is 0.921. The molecule has 2 unspecified atom stereocenters. The van der Waals surface area contributed by atoms with Gasteiger partial charge in [0.05, 0.1) is 0 Å². The Labute approximate surface area is 126 Å². The van der Waals surface area contributed by atoms with E-state index in [1.54, 1.807) is 0 Å². The Morgan fingerprint density at radius 1 is 1.00 bits per heavy atom. The van der Waals surface area contributed by atoms with Gasteiger partial charge >= 0.3 is 0 Å². The molecule has 2 heteroatoms. The van der Waals surface area contributed by atoms with Crippen LogP contribution in [0.15, 0.2) is 54.6 Å². The Morgan fingerprint density at radius 2 is 1.81 bits per heavy atom. The minimum atomic E-state index is 0.649. The normalized spacial score (nSPS) is 24.8. The molecule has 0 aliphatic carbocycles. The molecule has 0 amide bonds. The van der Waals surface area contributed by atoms with E-state index in [0.29, 0.717) is 5.92 Å². The molecule has 1 saturated heterocycles. The van der Waals surface area contributed by atoms with Crippen LogP contribution in [0.3, 0.4) is 0 Å². The number of nitrogens with one attached hydrogen (secondary N) is 1. The lowest BCUT2D eigenvalue weighted by Gasteiger charge is -2.20. The summed E-state index contributed by atoms with van der Waals surface area (Å²) in [5.41, 5.74) is 4.34. The lowest BCUT2D eigenvalue weighted by atomic mass is 9.98. The molecule has 0 spiro atoms. The van der Waals surface area contributed by atoms with Gasteiger partial charge in [0.25, 0.3) is 0 Å². The number of likely N-dealkylation sites (tertiary alicyclic amines) is 1. The number of anilines is 1. The lowest BCUT2D eigenvalue weighted by Crippen LogP contribution is -2.27. The molecule has 2 aliphatic heterocycles. The summed E-state index contributed by atoms with van der Waals surface area (Å²) in [6.07, 6.45) is 1.30. The molecule has 2 heterocycles. The van der Waals surface area contributed by atoms with Crippen molar-refractivity contribution in [3.63, 3.8) is 0 Å². The topological polar surface area (TPSA) is 15.3 Å². The number of para-hydroxylation sites is 1. The number of fused-ring (bicyclic) bond motifs is 1. The zero-order chi connectivity index (χ0) is 14.1. The van der Waals surface area contributed by atoms with E-state index in [2.05, 4.69) is 64.8 Å². The van der Waals surface area contributed by atoms with Crippen molar-refractivity contribution in [1.29, 1.82) is 0 Å². The zero-order valence-corrected chi connectivity index (χ0v) is 12.3. The van der Waals surface area contributed by atoms with E-state index in [1.807, 2.05) is 0 Å². The van der Waals surface area contributed by atoms with E-state index in [1.165, 1.54) is 42.9 Å². The van der Waals surface area contributed by atoms with Gasteiger partial charge in [-0.1, -0.05) is 48.5 Å². The molecule has 21 heavy (non-hydrogen) atoms. The zero-order valence-electron chi connectivity index (χ0n) is 12.3. The second kappa shape index (κ2) is 5.53. The molecule has 4 rings (SSSR count). The second-order valence-corrected chi connectivity index (χ2v) is 6.32. The van der Waals surface area contributed by atoms with Crippen LogP contribution in [0.25, 0.3) is 0 Å². The predicted octanol–water partition coefficient (Wildman–Crippen LogP) is 3.69. The largest absolute Gasteiger partial charge is 0.384 e. The van der Waals surface area contributed by atoms with E-state index in [0.717, 1.165) is 12.5 Å². The monoisotopic (exact) mass is 278 g/mol. The minimum absolute atomic E-state index is 0.649. The van der Waals surface area contributed by atoms with Crippen molar-refractivity contribution in [1.82, 2.24) is 4.90 Å². The molecule has 0 saturated carbocycles. The summed E-state index contributed by atoms with van der Waals surface area (Å²) in [5, 5.41) is 3.54. The van der Waals surface area contributed by atoms with Gasteiger partial charge in [-0.15, -0.1) is 0 Å². The van der Waals surface area contributed by atoms with Gasteiger partial charge in [0.2, 0.25) is 0 Å². The molecule has 0 bridgehead atoms. The van der Waals surface area contributed by atoms with Gasteiger partial charge in [0, 0.05) is 31.2 Å². The van der Waals surface area contributed by atoms with Gasteiger partial charge in [-0.05, 0) is 36.1 Å². The fourth-order valence-electron chi connectivity index (χ4n) is 3.83. The number of hydrogen-bond donors (Lipinski definition) is 1. The lowest BCUT2D eigenvalue weighted by molar-refractivity contribution is 0.316. The summed E-state index contributed by atoms with van der Waals surface area (Å²) in [6.45, 7) is 4.72. The Hall–Kier alpha value is -1.80. The third-order valence-corrected chi connectivity index (χ3v) is 4.96. The van der Waals surface area contributed by atoms with Crippen molar-refractivity contribution in [2.75, 3.05) is 31.5 Å². The van der Waals surface area contributed by atoms with Gasteiger partial charge in [-0.3, -0.25) is 0 Å². The summed E-state index contributed by atoms with van der Waals surface area (Å²) in [5.74, 6) is 1.37. The number of nitrogens with zero attached hydrogens (tertiary/aromatic N) is 1. The highest BCUT2D eigenvalue weighted by molar-refractivity contribution is 5.57. The van der Waals surface area contributed by atoms with Crippen LogP contribution in [0.2, 0.25) is 0 Å². The summed E-state index contributed by atoms with van der Waals surface area (Å²) in [6, 6.07) is 19.8. The maximum atomic E-state index is 3.54. The fraction of sp³-hybridized carbons (Fsp3) is 0.368. The fourth-order valence-corrected chi connectivity index (χ4v) is 3.83. The molecule has 2 aromatic rings. The number of benzene rings is 2. The van der Waals surface area contributed by atoms with Crippen molar-refractivity contribution in [3.8, 4) is 0 Å². The van der Waals surface area contributed by atoms with Crippen LogP contribution < -0.4 is 5.32 Å². The van der Waals surface area contributed by atoms with Crippen LogP contribution in [0.5, 0.6) is 0 Å². The smallest absolute Gasteiger partial charge is 0.0376 e. The molecule has 2 aliphatic rings. The molecule has 2 aromatic carbocycles. The van der Waals surface area contributed by atoms with E-state index in [9.17, 15) is 0 Å². The summed E-state index contributed by atoms with van der Waals surface area (Å²) < 4.78 is 0. The maximum absolute atomic E-state index is 3.54. The van der Waals surface area contributed by atoms with Crippen molar-refractivity contribution in [2.45, 2.75) is 18.3 Å². The third kappa shape index (κ3) is 2.56. The first-order valence-corrected chi connectivity index (χ1v) is 8.00. The van der Waals surface area contributed by atoms with Crippen LogP contribution >= 0.6 is 0 Å². The van der Waals surface area contributed by atoms with Gasteiger partial charge in [0.1, 0.15) is 0 Å². The third-order valence-electron chi connectivity index (χ3n) is 4.96. The summed E-state index contributed by atoms with van der Waals surface area (Å²) in [7, 11) is 0. The number of rotatable bonds is 3. The Balaban J connectivity index is 1.41. The van der Waals surface area contributed by atoms with Crippen LogP contribution in [-0.4, -0.2) is 31.1 Å². The first-order valence-electron chi connectivity index (χ1n) is 8.00. The highest BCUT2D eigenvalue weighted by Crippen LogP contribution is 2.34. The maximum Gasteiger partial charge on any atom is 0.0376 e. The minimum Gasteiger partial charge on any atom is -0.384 e. The van der Waals surface area contributed by atoms with Crippen molar-refractivity contribution in [3.05, 3.63) is 65.7 Å². The Morgan fingerprint density at radius 3 is 2.71 bits per heavy atom. The number of hydrogen-bond acceptors (Lipinski definition) is 2. The molecule has 1 fully saturated rings. The van der Waals surface area contributed by atoms with Crippen LogP contribution in [0.4, 0.5) is 5.69 Å². The van der Waals surface area contributed by atoms with E-state index < -0.39 is 0 Å². The molecule has 108 valence electrons. The van der Waals surface area contributed by atoms with Crippen LogP contribution in [0, 0.1) is 0 Å². The predicted molar refractivity (Wildman–Crippen MR) is 87.9 cm³/mol. The Bertz CT molecular complexity index is 608. The highest BCUT2D eigenvalue weighted by Gasteiger charge is 2.28. The molecular weight excluding hydrogens is 256 g/mol. The standard InChI is InChI=1S/C19H22N2/c1-2-6-15(7-3-1)16-10-11-21(13-16)14-17-12-20-19-9-5-4-8-18(17)19/h1-9,16-17,20H,10-14H2. The average molecular weight is 278 g/mol. The first-order chi connectivity index (χ1) is 10.4. The van der Waals surface area contributed by atoms with E-state index in [-0.39, 0.29) is 0 Å². The van der Waals surface area contributed by atoms with Gasteiger partial charge in [-0.25, -0.2) is 0 Å². The molecule has 0 radical (unpaired) electrons. The van der Waals surface area contributed by atoms with Gasteiger partial charge < -0.3 is 10.2 Å². The van der Waals surface area contributed by atoms with E-state index >= 15 is 0 Å². The van der Waals surface area contributed by atoms with Crippen LogP contribution in [-0.2, 0) is 0 Å². The Kier molecular flexibility index (Phi) is 3.40.